The Labute approximate surface area is 82.7 Å². The zero-order chi connectivity index (χ0) is 9.64. The van der Waals surface area contributed by atoms with Crippen molar-refractivity contribution in [2.24, 2.45) is 5.92 Å². The summed E-state index contributed by atoms with van der Waals surface area (Å²) in [4.78, 5) is 0. The van der Waals surface area contributed by atoms with Crippen LogP contribution in [0.25, 0.3) is 0 Å². The fraction of sp³-hybridized carbons (Fsp3) is 0.667. The van der Waals surface area contributed by atoms with Gasteiger partial charge < -0.3 is 0 Å². The fourth-order valence-corrected chi connectivity index (χ4v) is 4.89. The number of rotatable bonds is 1. The zero-order valence-electron chi connectivity index (χ0n) is 9.11. The second-order valence-corrected chi connectivity index (χ2v) is 10.6. The van der Waals surface area contributed by atoms with Crippen LogP contribution in [0.1, 0.15) is 25.7 Å². The van der Waals surface area contributed by atoms with Crippen molar-refractivity contribution in [3.63, 3.8) is 0 Å². The van der Waals surface area contributed by atoms with E-state index >= 15 is 0 Å². The summed E-state index contributed by atoms with van der Waals surface area (Å²) in [5, 5.41) is 1.83. The molecule has 0 bridgehead atoms. The molecule has 0 aromatic carbocycles. The van der Waals surface area contributed by atoms with E-state index in [9.17, 15) is 0 Å². The molecule has 0 radical (unpaired) electrons. The predicted molar refractivity (Wildman–Crippen MR) is 61.5 cm³/mol. The van der Waals surface area contributed by atoms with Gasteiger partial charge in [-0.15, -0.1) is 0 Å². The lowest BCUT2D eigenvalue weighted by Crippen LogP contribution is -2.23. The number of fused-ring (bicyclic) bond motifs is 1. The Morgan fingerprint density at radius 2 is 2.00 bits per heavy atom. The third kappa shape index (κ3) is 1.43. The van der Waals surface area contributed by atoms with Crippen molar-refractivity contribution in [2.75, 3.05) is 0 Å². The van der Waals surface area contributed by atoms with E-state index in [4.69, 9.17) is 0 Å². The van der Waals surface area contributed by atoms with Crippen molar-refractivity contribution in [1.29, 1.82) is 0 Å². The van der Waals surface area contributed by atoms with Crippen LogP contribution in [0.5, 0.6) is 0 Å². The smallest absolute Gasteiger partial charge is 0.0728 e. The monoisotopic (exact) mass is 192 g/mol. The van der Waals surface area contributed by atoms with E-state index in [1.165, 1.54) is 31.3 Å². The minimum Gasteiger partial charge on any atom is -0.0989 e. The summed E-state index contributed by atoms with van der Waals surface area (Å²) in [7, 11) is -1.03. The van der Waals surface area contributed by atoms with Crippen LogP contribution in [0, 0.1) is 5.92 Å². The van der Waals surface area contributed by atoms with Gasteiger partial charge in [0.25, 0.3) is 0 Å². The molecular formula is C12H20Si. The quantitative estimate of drug-likeness (QED) is 0.436. The zero-order valence-corrected chi connectivity index (χ0v) is 10.1. The van der Waals surface area contributed by atoms with E-state index in [1.54, 1.807) is 0 Å². The van der Waals surface area contributed by atoms with Crippen LogP contribution in [0.4, 0.5) is 0 Å². The van der Waals surface area contributed by atoms with Gasteiger partial charge in [-0.1, -0.05) is 42.6 Å². The minimum atomic E-state index is -1.03. The third-order valence-corrected chi connectivity index (χ3v) is 5.86. The van der Waals surface area contributed by atoms with Crippen LogP contribution in [-0.2, 0) is 0 Å². The van der Waals surface area contributed by atoms with Crippen LogP contribution in [0.3, 0.4) is 0 Å². The van der Waals surface area contributed by atoms with Gasteiger partial charge in [-0.3, -0.25) is 0 Å². The Kier molecular flexibility index (Phi) is 2.03. The molecule has 0 spiro atoms. The first-order valence-corrected chi connectivity index (χ1v) is 8.90. The van der Waals surface area contributed by atoms with Gasteiger partial charge in [0.15, 0.2) is 0 Å². The summed E-state index contributed by atoms with van der Waals surface area (Å²) < 4.78 is 0. The highest BCUT2D eigenvalue weighted by Gasteiger charge is 2.36. The molecule has 0 aliphatic heterocycles. The molecule has 1 unspecified atom stereocenters. The highest BCUT2D eigenvalue weighted by atomic mass is 28.3. The molecule has 1 fully saturated rings. The van der Waals surface area contributed by atoms with Crippen molar-refractivity contribution >= 4 is 8.07 Å². The van der Waals surface area contributed by atoms with Crippen LogP contribution >= 0.6 is 0 Å². The molecule has 0 saturated heterocycles. The summed E-state index contributed by atoms with van der Waals surface area (Å²) in [5.74, 6) is 0.807. The minimum absolute atomic E-state index is 0.807. The normalized spacial score (nSPS) is 28.5. The van der Waals surface area contributed by atoms with Crippen LogP contribution in [0.2, 0.25) is 19.6 Å². The van der Waals surface area contributed by atoms with E-state index in [1.807, 2.05) is 10.8 Å². The second-order valence-electron chi connectivity index (χ2n) is 5.53. The molecule has 2 aliphatic rings. The lowest BCUT2D eigenvalue weighted by atomic mass is 10.0. The molecule has 0 heterocycles. The topological polar surface area (TPSA) is 0 Å². The molecule has 1 atom stereocenters. The summed E-state index contributed by atoms with van der Waals surface area (Å²) in [5.41, 5.74) is 3.33. The molecule has 0 aromatic heterocycles. The lowest BCUT2D eigenvalue weighted by Gasteiger charge is -2.19. The van der Waals surface area contributed by atoms with E-state index in [-0.39, 0.29) is 0 Å². The maximum absolute atomic E-state index is 4.24. The summed E-state index contributed by atoms with van der Waals surface area (Å²) in [6, 6.07) is 0. The van der Waals surface area contributed by atoms with E-state index in [0.29, 0.717) is 0 Å². The van der Waals surface area contributed by atoms with Gasteiger partial charge in [0.2, 0.25) is 0 Å². The maximum atomic E-state index is 4.24. The van der Waals surface area contributed by atoms with Crippen molar-refractivity contribution in [3.05, 3.63) is 22.9 Å². The molecular weight excluding hydrogens is 172 g/mol. The predicted octanol–water partition coefficient (Wildman–Crippen LogP) is 3.92. The first-order chi connectivity index (χ1) is 6.00. The molecule has 1 heteroatoms. The van der Waals surface area contributed by atoms with Crippen molar-refractivity contribution < 1.29 is 0 Å². The summed E-state index contributed by atoms with van der Waals surface area (Å²) in [6.07, 6.45) is 5.42. The Morgan fingerprint density at radius 3 is 2.62 bits per heavy atom. The van der Waals surface area contributed by atoms with Crippen LogP contribution < -0.4 is 0 Å². The largest absolute Gasteiger partial charge is 0.0989 e. The molecule has 72 valence electrons. The first-order valence-electron chi connectivity index (χ1n) is 5.40. The number of hydrogen-bond acceptors (Lipinski definition) is 0. The average molecular weight is 192 g/mol. The van der Waals surface area contributed by atoms with E-state index in [0.717, 1.165) is 5.92 Å². The van der Waals surface area contributed by atoms with Crippen molar-refractivity contribution in [3.8, 4) is 0 Å². The molecule has 0 N–H and O–H groups in total. The van der Waals surface area contributed by atoms with Gasteiger partial charge in [-0.05, 0) is 25.7 Å². The highest BCUT2D eigenvalue weighted by molar-refractivity contribution is 6.83. The molecule has 13 heavy (non-hydrogen) atoms. The SMILES string of the molecule is C=C1CC([Si](C)(C)C)=C2CCCC12. The number of hydrogen-bond donors (Lipinski definition) is 0. The van der Waals surface area contributed by atoms with Gasteiger partial charge in [0.1, 0.15) is 0 Å². The standard InChI is InChI=1S/C12H20Si/c1-9-8-12(13(2,3)4)11-7-5-6-10(9)11/h10H,1,5-8H2,2-4H3. The second kappa shape index (κ2) is 2.84. The van der Waals surface area contributed by atoms with Gasteiger partial charge in [-0.25, -0.2) is 0 Å². The lowest BCUT2D eigenvalue weighted by molar-refractivity contribution is 0.732. The summed E-state index contributed by atoms with van der Waals surface area (Å²) >= 11 is 0. The van der Waals surface area contributed by atoms with E-state index in [2.05, 4.69) is 26.2 Å². The van der Waals surface area contributed by atoms with Crippen LogP contribution in [0.15, 0.2) is 22.9 Å². The maximum Gasteiger partial charge on any atom is 0.0728 e. The van der Waals surface area contributed by atoms with Gasteiger partial charge >= 0.3 is 0 Å². The molecule has 0 amide bonds. The van der Waals surface area contributed by atoms with Crippen molar-refractivity contribution in [2.45, 2.75) is 45.3 Å². The molecule has 2 aliphatic carbocycles. The third-order valence-electron chi connectivity index (χ3n) is 3.55. The molecule has 2 rings (SSSR count). The first kappa shape index (κ1) is 9.26. The van der Waals surface area contributed by atoms with Crippen molar-refractivity contribution in [1.82, 2.24) is 0 Å². The Hall–Kier alpha value is -0.303. The molecule has 0 aromatic rings. The molecule has 0 nitrogen and oxygen atoms in total. The van der Waals surface area contributed by atoms with Crippen LogP contribution in [-0.4, -0.2) is 8.07 Å². The Bertz CT molecular complexity index is 278. The Morgan fingerprint density at radius 1 is 1.31 bits per heavy atom. The highest BCUT2D eigenvalue weighted by Crippen LogP contribution is 2.48. The van der Waals surface area contributed by atoms with Gasteiger partial charge in [0.05, 0.1) is 8.07 Å². The summed E-state index contributed by atoms with van der Waals surface area (Å²) in [6.45, 7) is 11.7. The van der Waals surface area contributed by atoms with E-state index < -0.39 is 8.07 Å². The fourth-order valence-electron chi connectivity index (χ4n) is 2.87. The number of allylic oxidation sites excluding steroid dienone is 3. The average Bonchev–Trinajstić information content (AvgIpc) is 2.51. The Balaban J connectivity index is 2.38. The molecule has 1 saturated carbocycles. The van der Waals surface area contributed by atoms with Gasteiger partial charge in [-0.2, -0.15) is 0 Å². The van der Waals surface area contributed by atoms with Gasteiger partial charge in [0, 0.05) is 5.92 Å².